The molecule has 0 atom stereocenters. The first-order chi connectivity index (χ1) is 17.1. The molecular weight excluding hydrogens is 467 g/mol. The topological polar surface area (TPSA) is 84.0 Å². The molecule has 35 heavy (non-hydrogen) atoms. The summed E-state index contributed by atoms with van der Waals surface area (Å²) in [4.78, 5) is 4.49. The summed E-state index contributed by atoms with van der Waals surface area (Å²) in [5.74, 6) is 0.369. The second kappa shape index (κ2) is 12.4. The van der Waals surface area contributed by atoms with E-state index in [0.29, 0.717) is 28.6 Å². The van der Waals surface area contributed by atoms with Crippen LogP contribution in [0.25, 0.3) is 22.2 Å². The number of nitrogens with zero attached hydrogens (tertiary/aromatic N) is 3. The van der Waals surface area contributed by atoms with Gasteiger partial charge in [-0.3, -0.25) is 4.98 Å². The lowest BCUT2D eigenvalue weighted by Gasteiger charge is -2.12. The van der Waals surface area contributed by atoms with E-state index in [2.05, 4.69) is 31.1 Å². The maximum Gasteiger partial charge on any atom is 0.132 e. The van der Waals surface area contributed by atoms with Gasteiger partial charge in [0.15, 0.2) is 0 Å². The van der Waals surface area contributed by atoms with Crippen molar-refractivity contribution in [3.05, 3.63) is 71.8 Å². The lowest BCUT2D eigenvalue weighted by Crippen LogP contribution is -2.21. The predicted octanol–water partition coefficient (Wildman–Crippen LogP) is 5.20. The van der Waals surface area contributed by atoms with Crippen LogP contribution in [0.15, 0.2) is 60.9 Å². The second-order valence-electron chi connectivity index (χ2n) is 8.03. The van der Waals surface area contributed by atoms with Gasteiger partial charge >= 0.3 is 0 Å². The van der Waals surface area contributed by atoms with E-state index in [9.17, 15) is 4.39 Å². The molecule has 0 fully saturated rings. The number of aromatic nitrogens is 3. The number of hydrogen-bond donors (Lipinski definition) is 3. The molecule has 0 saturated carbocycles. The highest BCUT2D eigenvalue weighted by Crippen LogP contribution is 2.30. The Morgan fingerprint density at radius 3 is 2.77 bits per heavy atom. The molecule has 182 valence electrons. The van der Waals surface area contributed by atoms with Crippen molar-refractivity contribution in [1.29, 1.82) is 0 Å². The van der Waals surface area contributed by atoms with Crippen LogP contribution in [0.5, 0.6) is 5.75 Å². The Balaban J connectivity index is 1.41. The third kappa shape index (κ3) is 6.85. The minimum atomic E-state index is -0.410. The van der Waals surface area contributed by atoms with Gasteiger partial charge in [0.2, 0.25) is 0 Å². The van der Waals surface area contributed by atoms with Crippen molar-refractivity contribution >= 4 is 33.9 Å². The molecule has 4 rings (SSSR count). The van der Waals surface area contributed by atoms with Crippen molar-refractivity contribution in [3.63, 3.8) is 0 Å². The van der Waals surface area contributed by atoms with Crippen LogP contribution in [0.3, 0.4) is 0 Å². The molecule has 2 aromatic heterocycles. The Bertz CT molecular complexity index is 1270. The molecule has 0 saturated heterocycles. The van der Waals surface area contributed by atoms with Gasteiger partial charge in [-0.05, 0) is 82.0 Å². The van der Waals surface area contributed by atoms with Gasteiger partial charge in [-0.2, -0.15) is 10.2 Å². The SMILES string of the molecule is CNCCCNCCCOc1ccc2c(Nc3cnnc(-c4cc(Cl)ccc4F)c3)ccnc2c1. The van der Waals surface area contributed by atoms with E-state index < -0.39 is 5.82 Å². The number of benzene rings is 2. The summed E-state index contributed by atoms with van der Waals surface area (Å²) in [6, 6.07) is 13.8. The van der Waals surface area contributed by atoms with Gasteiger partial charge in [-0.25, -0.2) is 4.39 Å². The summed E-state index contributed by atoms with van der Waals surface area (Å²) in [5.41, 5.74) is 3.01. The lowest BCUT2D eigenvalue weighted by atomic mass is 10.1. The van der Waals surface area contributed by atoms with E-state index in [0.717, 1.165) is 54.8 Å². The number of rotatable bonds is 12. The molecule has 0 aliphatic carbocycles. The lowest BCUT2D eigenvalue weighted by molar-refractivity contribution is 0.308. The first-order valence-electron chi connectivity index (χ1n) is 11.6. The van der Waals surface area contributed by atoms with Crippen molar-refractivity contribution < 1.29 is 9.13 Å². The molecule has 0 aliphatic heterocycles. The van der Waals surface area contributed by atoms with Gasteiger partial charge in [-0.15, -0.1) is 0 Å². The van der Waals surface area contributed by atoms with E-state index in [1.165, 1.54) is 18.2 Å². The Morgan fingerprint density at radius 1 is 1.00 bits per heavy atom. The van der Waals surface area contributed by atoms with Crippen molar-refractivity contribution in [2.75, 3.05) is 38.6 Å². The fourth-order valence-electron chi connectivity index (χ4n) is 3.65. The molecule has 7 nitrogen and oxygen atoms in total. The van der Waals surface area contributed by atoms with Crippen LogP contribution in [-0.2, 0) is 0 Å². The quantitative estimate of drug-likeness (QED) is 0.233. The van der Waals surface area contributed by atoms with E-state index in [-0.39, 0.29) is 0 Å². The second-order valence-corrected chi connectivity index (χ2v) is 8.46. The first kappa shape index (κ1) is 24.8. The zero-order chi connectivity index (χ0) is 24.5. The molecular formula is C26H28ClFN6O. The molecule has 4 aromatic rings. The average molecular weight is 495 g/mol. The Labute approximate surface area is 209 Å². The highest BCUT2D eigenvalue weighted by Gasteiger charge is 2.10. The van der Waals surface area contributed by atoms with Crippen LogP contribution in [0.2, 0.25) is 5.02 Å². The van der Waals surface area contributed by atoms with E-state index in [1.54, 1.807) is 18.5 Å². The first-order valence-corrected chi connectivity index (χ1v) is 11.9. The van der Waals surface area contributed by atoms with Crippen LogP contribution >= 0.6 is 11.6 Å². The Kier molecular flexibility index (Phi) is 8.78. The van der Waals surface area contributed by atoms with E-state index >= 15 is 0 Å². The number of halogens is 2. The fraction of sp³-hybridized carbons (Fsp3) is 0.269. The highest BCUT2D eigenvalue weighted by atomic mass is 35.5. The van der Waals surface area contributed by atoms with Crippen LogP contribution in [0.1, 0.15) is 12.8 Å². The molecule has 9 heteroatoms. The zero-order valence-electron chi connectivity index (χ0n) is 19.5. The molecule has 2 aromatic carbocycles. The normalized spacial score (nSPS) is 11.1. The number of fused-ring (bicyclic) bond motifs is 1. The zero-order valence-corrected chi connectivity index (χ0v) is 20.3. The maximum atomic E-state index is 14.3. The van der Waals surface area contributed by atoms with Gasteiger partial charge in [0.05, 0.1) is 29.7 Å². The molecule has 0 spiro atoms. The summed E-state index contributed by atoms with van der Waals surface area (Å²) >= 11 is 6.03. The smallest absolute Gasteiger partial charge is 0.132 e. The summed E-state index contributed by atoms with van der Waals surface area (Å²) in [5, 5.41) is 19.3. The number of ether oxygens (including phenoxy) is 1. The predicted molar refractivity (Wildman–Crippen MR) is 139 cm³/mol. The largest absolute Gasteiger partial charge is 0.493 e. The van der Waals surface area contributed by atoms with E-state index in [1.807, 2.05) is 31.3 Å². The molecule has 0 aliphatic rings. The van der Waals surface area contributed by atoms with Gasteiger partial charge in [-0.1, -0.05) is 11.6 Å². The molecule has 2 heterocycles. The summed E-state index contributed by atoms with van der Waals surface area (Å²) < 4.78 is 20.2. The standard InChI is InChI=1S/C26H28ClFN6O/c1-29-9-2-10-30-11-3-13-35-20-5-6-21-24(8-12-31-25(21)16-20)33-19-15-26(34-32-17-19)22-14-18(27)4-7-23(22)28/h4-8,12,14-17,29-30H,2-3,9-11,13H2,1H3,(H,31,33,34). The fourth-order valence-corrected chi connectivity index (χ4v) is 3.82. The van der Waals surface area contributed by atoms with Gasteiger partial charge in [0.25, 0.3) is 0 Å². The van der Waals surface area contributed by atoms with Crippen LogP contribution < -0.4 is 20.7 Å². The number of anilines is 2. The third-order valence-electron chi connectivity index (χ3n) is 5.40. The molecule has 0 radical (unpaired) electrons. The van der Waals surface area contributed by atoms with Crippen molar-refractivity contribution in [3.8, 4) is 17.0 Å². The minimum absolute atomic E-state index is 0.295. The summed E-state index contributed by atoms with van der Waals surface area (Å²) in [6.45, 7) is 3.57. The molecule has 3 N–H and O–H groups in total. The van der Waals surface area contributed by atoms with Gasteiger partial charge in [0, 0.05) is 33.9 Å². The Hall–Kier alpha value is -3.33. The Morgan fingerprint density at radius 2 is 1.89 bits per heavy atom. The van der Waals surface area contributed by atoms with Crippen LogP contribution in [-0.4, -0.2) is 48.5 Å². The van der Waals surface area contributed by atoms with Crippen molar-refractivity contribution in [1.82, 2.24) is 25.8 Å². The summed E-state index contributed by atoms with van der Waals surface area (Å²) in [6.07, 6.45) is 5.35. The molecule has 0 bridgehead atoms. The molecule has 0 unspecified atom stereocenters. The van der Waals surface area contributed by atoms with Crippen molar-refractivity contribution in [2.24, 2.45) is 0 Å². The monoisotopic (exact) mass is 494 g/mol. The van der Waals surface area contributed by atoms with E-state index in [4.69, 9.17) is 16.3 Å². The molecule has 0 amide bonds. The maximum absolute atomic E-state index is 14.3. The highest BCUT2D eigenvalue weighted by molar-refractivity contribution is 6.30. The average Bonchev–Trinajstić information content (AvgIpc) is 2.87. The van der Waals surface area contributed by atoms with Crippen LogP contribution in [0.4, 0.5) is 15.8 Å². The van der Waals surface area contributed by atoms with Crippen molar-refractivity contribution in [2.45, 2.75) is 12.8 Å². The van der Waals surface area contributed by atoms with Crippen LogP contribution in [0, 0.1) is 5.82 Å². The van der Waals surface area contributed by atoms with Gasteiger partial charge < -0.3 is 20.7 Å². The third-order valence-corrected chi connectivity index (χ3v) is 5.63. The number of hydrogen-bond acceptors (Lipinski definition) is 7. The minimum Gasteiger partial charge on any atom is -0.493 e. The summed E-state index contributed by atoms with van der Waals surface area (Å²) in [7, 11) is 1.96. The van der Waals surface area contributed by atoms with Gasteiger partial charge in [0.1, 0.15) is 11.6 Å². The number of nitrogens with one attached hydrogen (secondary N) is 3. The number of pyridine rings is 1.